The first-order valence-electron chi connectivity index (χ1n) is 4.37. The summed E-state index contributed by atoms with van der Waals surface area (Å²) < 4.78 is 45.4. The van der Waals surface area contributed by atoms with Gasteiger partial charge in [-0.25, -0.2) is 0 Å². The number of nitrogen functional groups attached to an aromatic ring is 1. The van der Waals surface area contributed by atoms with E-state index in [2.05, 4.69) is 34.4 Å². The number of halogens is 3. The average Bonchev–Trinajstić information content (AvgIpc) is 2.77. The molecule has 0 atom stereocenters. The predicted octanol–water partition coefficient (Wildman–Crippen LogP) is 0.531. The quantitative estimate of drug-likeness (QED) is 0.833. The fourth-order valence-electron chi connectivity index (χ4n) is 0.993. The molecule has 18 heavy (non-hydrogen) atoms. The number of nitrogens with two attached hydrogens (primary N) is 1. The number of rotatable bonds is 2. The zero-order chi connectivity index (χ0) is 13.3. The predicted molar refractivity (Wildman–Crippen MR) is 49.1 cm³/mol. The number of ether oxygens (including phenoxy) is 1. The van der Waals surface area contributed by atoms with Crippen LogP contribution in [0.2, 0.25) is 0 Å². The van der Waals surface area contributed by atoms with Crippen molar-refractivity contribution >= 4 is 5.95 Å². The first kappa shape index (κ1) is 12.0. The molecule has 0 radical (unpaired) electrons. The van der Waals surface area contributed by atoms with E-state index in [1.54, 1.807) is 0 Å². The second-order valence-electron chi connectivity index (χ2n) is 2.92. The molecule has 2 N–H and O–H groups in total. The third-order valence-corrected chi connectivity index (χ3v) is 1.68. The van der Waals surface area contributed by atoms with E-state index in [0.717, 1.165) is 0 Å². The smallest absolute Gasteiger partial charge is 0.467 e. The fourth-order valence-corrected chi connectivity index (χ4v) is 0.993. The highest BCUT2D eigenvalue weighted by Crippen LogP contribution is 2.28. The Labute approximate surface area is 97.0 Å². The fraction of sp³-hybridized carbons (Fsp3) is 0.286. The molecule has 0 spiro atoms. The maximum Gasteiger partial charge on any atom is 0.471 e. The molecule has 0 aromatic carbocycles. The van der Waals surface area contributed by atoms with Gasteiger partial charge in [-0.1, -0.05) is 5.16 Å². The number of alkyl halides is 3. The lowest BCUT2D eigenvalue weighted by molar-refractivity contribution is -0.159. The average molecular weight is 262 g/mol. The van der Waals surface area contributed by atoms with Crippen LogP contribution in [0.15, 0.2) is 4.52 Å². The van der Waals surface area contributed by atoms with Gasteiger partial charge in [0.15, 0.2) is 0 Å². The Hall–Kier alpha value is -2.46. The lowest BCUT2D eigenvalue weighted by Crippen LogP contribution is -2.06. The first-order chi connectivity index (χ1) is 8.40. The number of hydrogen-bond acceptors (Lipinski definition) is 8. The largest absolute Gasteiger partial charge is 0.471 e. The standard InChI is InChI=1S/C7H5F3N6O2/c1-17-6-14-2(13-5(11)15-6)3-12-4(18-16-3)7(8,9)10/h1H3,(H2,11,13,14,15). The second-order valence-corrected chi connectivity index (χ2v) is 2.92. The zero-order valence-electron chi connectivity index (χ0n) is 8.76. The van der Waals surface area contributed by atoms with Gasteiger partial charge in [-0.15, -0.1) is 0 Å². The Balaban J connectivity index is 2.43. The maximum atomic E-state index is 12.2. The molecule has 2 rings (SSSR count). The Morgan fingerprint density at radius 1 is 1.11 bits per heavy atom. The van der Waals surface area contributed by atoms with Crippen molar-refractivity contribution in [3.8, 4) is 17.7 Å². The van der Waals surface area contributed by atoms with E-state index in [1.165, 1.54) is 7.11 Å². The van der Waals surface area contributed by atoms with E-state index < -0.39 is 17.9 Å². The summed E-state index contributed by atoms with van der Waals surface area (Å²) in [7, 11) is 1.26. The number of hydrogen-bond donors (Lipinski definition) is 1. The molecule has 2 aromatic heterocycles. The van der Waals surface area contributed by atoms with E-state index in [0.29, 0.717) is 0 Å². The van der Waals surface area contributed by atoms with Gasteiger partial charge in [0.2, 0.25) is 17.6 Å². The minimum atomic E-state index is -4.74. The lowest BCUT2D eigenvalue weighted by Gasteiger charge is -1.99. The van der Waals surface area contributed by atoms with Gasteiger partial charge >= 0.3 is 18.1 Å². The molecular formula is C7H5F3N6O2. The molecule has 0 unspecified atom stereocenters. The summed E-state index contributed by atoms with van der Waals surface area (Å²) in [4.78, 5) is 13.9. The van der Waals surface area contributed by atoms with Gasteiger partial charge < -0.3 is 15.0 Å². The van der Waals surface area contributed by atoms with Crippen LogP contribution in [-0.2, 0) is 6.18 Å². The molecular weight excluding hydrogens is 257 g/mol. The van der Waals surface area contributed by atoms with Crippen molar-refractivity contribution in [2.24, 2.45) is 0 Å². The van der Waals surface area contributed by atoms with Gasteiger partial charge in [0, 0.05) is 0 Å². The van der Waals surface area contributed by atoms with E-state index in [4.69, 9.17) is 5.73 Å². The third kappa shape index (κ3) is 2.28. The molecule has 8 nitrogen and oxygen atoms in total. The molecule has 0 bridgehead atoms. The number of methoxy groups -OCH3 is 1. The summed E-state index contributed by atoms with van der Waals surface area (Å²) in [6.07, 6.45) is -4.74. The van der Waals surface area contributed by atoms with Gasteiger partial charge in [-0.3, -0.25) is 0 Å². The van der Waals surface area contributed by atoms with Crippen LogP contribution < -0.4 is 10.5 Å². The summed E-state index contributed by atoms with van der Waals surface area (Å²) in [6, 6.07) is -0.171. The Morgan fingerprint density at radius 3 is 2.39 bits per heavy atom. The van der Waals surface area contributed by atoms with Crippen molar-refractivity contribution in [1.82, 2.24) is 25.1 Å². The molecule has 0 aliphatic heterocycles. The van der Waals surface area contributed by atoms with Crippen molar-refractivity contribution < 1.29 is 22.4 Å². The molecule has 0 aliphatic carbocycles. The number of aromatic nitrogens is 5. The van der Waals surface area contributed by atoms with E-state index >= 15 is 0 Å². The summed E-state index contributed by atoms with van der Waals surface area (Å²) in [6.45, 7) is 0. The maximum absolute atomic E-state index is 12.2. The highest BCUT2D eigenvalue weighted by Gasteiger charge is 2.38. The van der Waals surface area contributed by atoms with Gasteiger partial charge in [-0.2, -0.15) is 33.1 Å². The van der Waals surface area contributed by atoms with Crippen LogP contribution in [0.1, 0.15) is 5.89 Å². The Bertz CT molecular complexity index is 569. The lowest BCUT2D eigenvalue weighted by atomic mass is 10.5. The van der Waals surface area contributed by atoms with Crippen molar-refractivity contribution in [3.63, 3.8) is 0 Å². The monoisotopic (exact) mass is 262 g/mol. The molecule has 96 valence electrons. The topological polar surface area (TPSA) is 113 Å². The molecule has 11 heteroatoms. The van der Waals surface area contributed by atoms with Gasteiger partial charge in [0.25, 0.3) is 0 Å². The second kappa shape index (κ2) is 4.09. The normalized spacial score (nSPS) is 11.6. The van der Waals surface area contributed by atoms with Crippen LogP contribution >= 0.6 is 0 Å². The number of nitrogens with zero attached hydrogens (tertiary/aromatic N) is 5. The highest BCUT2D eigenvalue weighted by molar-refractivity contribution is 5.44. The minimum absolute atomic E-state index is 0.171. The van der Waals surface area contributed by atoms with E-state index in [9.17, 15) is 13.2 Å². The zero-order valence-corrected chi connectivity index (χ0v) is 8.76. The van der Waals surface area contributed by atoms with Crippen LogP contribution in [0.4, 0.5) is 19.1 Å². The van der Waals surface area contributed by atoms with Crippen LogP contribution in [0.5, 0.6) is 6.01 Å². The third-order valence-electron chi connectivity index (χ3n) is 1.68. The van der Waals surface area contributed by atoms with E-state index in [-0.39, 0.29) is 17.8 Å². The molecule has 0 aliphatic rings. The molecule has 0 amide bonds. The molecule has 0 saturated carbocycles. The van der Waals surface area contributed by atoms with Crippen LogP contribution in [0.3, 0.4) is 0 Å². The molecule has 0 saturated heterocycles. The molecule has 2 heterocycles. The first-order valence-corrected chi connectivity index (χ1v) is 4.37. The highest BCUT2D eigenvalue weighted by atomic mass is 19.4. The van der Waals surface area contributed by atoms with E-state index in [1.807, 2.05) is 0 Å². The molecule has 0 fully saturated rings. The summed E-state index contributed by atoms with van der Waals surface area (Å²) in [5.41, 5.74) is 5.31. The van der Waals surface area contributed by atoms with Crippen LogP contribution in [0.25, 0.3) is 11.6 Å². The van der Waals surface area contributed by atoms with Crippen molar-refractivity contribution in [2.45, 2.75) is 6.18 Å². The van der Waals surface area contributed by atoms with Gasteiger partial charge in [0.05, 0.1) is 7.11 Å². The summed E-state index contributed by atoms with van der Waals surface area (Å²) in [5.74, 6) is -2.49. The van der Waals surface area contributed by atoms with Crippen LogP contribution in [-0.4, -0.2) is 32.2 Å². The van der Waals surface area contributed by atoms with Crippen molar-refractivity contribution in [3.05, 3.63) is 5.89 Å². The molecule has 2 aromatic rings. The summed E-state index contributed by atoms with van der Waals surface area (Å²) in [5, 5.41) is 3.10. The van der Waals surface area contributed by atoms with Gasteiger partial charge in [0.1, 0.15) is 0 Å². The minimum Gasteiger partial charge on any atom is -0.467 e. The SMILES string of the molecule is COc1nc(N)nc(-c2noc(C(F)(F)F)n2)n1. The van der Waals surface area contributed by atoms with Gasteiger partial charge in [-0.05, 0) is 0 Å². The number of anilines is 1. The Kier molecular flexibility index (Phi) is 2.73. The Morgan fingerprint density at radius 2 is 1.83 bits per heavy atom. The van der Waals surface area contributed by atoms with Crippen molar-refractivity contribution in [1.29, 1.82) is 0 Å². The van der Waals surface area contributed by atoms with Crippen LogP contribution in [0, 0.1) is 0 Å². The van der Waals surface area contributed by atoms with Crippen molar-refractivity contribution in [2.75, 3.05) is 12.8 Å². The summed E-state index contributed by atoms with van der Waals surface area (Å²) >= 11 is 0.